The maximum atomic E-state index is 13.0. The average molecular weight is 263 g/mol. The fourth-order valence-electron chi connectivity index (χ4n) is 1.50. The van der Waals surface area contributed by atoms with Gasteiger partial charge < -0.3 is 10.6 Å². The van der Waals surface area contributed by atoms with Crippen molar-refractivity contribution in [1.29, 1.82) is 0 Å². The highest BCUT2D eigenvalue weighted by Crippen LogP contribution is 2.16. The zero-order valence-electron chi connectivity index (χ0n) is 9.26. The van der Waals surface area contributed by atoms with E-state index in [-0.39, 0.29) is 17.0 Å². The van der Waals surface area contributed by atoms with Crippen molar-refractivity contribution in [2.45, 2.75) is 0 Å². The number of halogens is 1. The number of hydrogen-bond donors (Lipinski definition) is 1. The Morgan fingerprint density at radius 2 is 2.32 bits per heavy atom. The number of nitrogens with two attached hydrogens (primary N) is 1. The van der Waals surface area contributed by atoms with Gasteiger partial charge in [0.25, 0.3) is 0 Å². The normalized spacial score (nSPS) is 10.8. The third kappa shape index (κ3) is 1.84. The van der Waals surface area contributed by atoms with Gasteiger partial charge >= 0.3 is 5.97 Å². The first kappa shape index (κ1) is 11.1. The maximum Gasteiger partial charge on any atom is 0.373 e. The molecule has 0 radical (unpaired) electrons. The third-order valence-electron chi connectivity index (χ3n) is 2.25. The second-order valence-electron chi connectivity index (χ2n) is 3.48. The van der Waals surface area contributed by atoms with Gasteiger partial charge in [0.1, 0.15) is 0 Å². The molecule has 0 spiro atoms. The monoisotopic (exact) mass is 263 g/mol. The quantitative estimate of drug-likeness (QED) is 0.609. The molecule has 19 heavy (non-hydrogen) atoms. The summed E-state index contributed by atoms with van der Waals surface area (Å²) in [4.78, 5) is 21.4. The van der Waals surface area contributed by atoms with Crippen LogP contribution in [0.4, 0.5) is 10.2 Å². The summed E-state index contributed by atoms with van der Waals surface area (Å²) in [5.41, 5.74) is 5.61. The van der Waals surface area contributed by atoms with Crippen LogP contribution in [0, 0.1) is 5.82 Å². The van der Waals surface area contributed by atoms with E-state index >= 15 is 0 Å². The van der Waals surface area contributed by atoms with Crippen molar-refractivity contribution < 1.29 is 14.0 Å². The number of aromatic nitrogens is 6. The van der Waals surface area contributed by atoms with Gasteiger partial charge in [-0.15, -0.1) is 10.2 Å². The fraction of sp³-hybridized carbons (Fsp3) is 0. The van der Waals surface area contributed by atoms with E-state index in [0.29, 0.717) is 0 Å². The van der Waals surface area contributed by atoms with Gasteiger partial charge in [-0.3, -0.25) is 0 Å². The van der Waals surface area contributed by atoms with Crippen molar-refractivity contribution in [3.8, 4) is 0 Å². The smallest absolute Gasteiger partial charge is 0.373 e. The molecular weight excluding hydrogens is 257 g/mol. The highest BCUT2D eigenvalue weighted by Gasteiger charge is 2.22. The molecule has 96 valence electrons. The lowest BCUT2D eigenvalue weighted by Crippen LogP contribution is -2.21. The molecular formula is C9H6FN7O2. The van der Waals surface area contributed by atoms with Crippen LogP contribution in [-0.4, -0.2) is 35.7 Å². The van der Waals surface area contributed by atoms with Crippen LogP contribution >= 0.6 is 0 Å². The van der Waals surface area contributed by atoms with Crippen LogP contribution in [0.15, 0.2) is 24.8 Å². The lowest BCUT2D eigenvalue weighted by atomic mass is 10.3. The largest absolute Gasteiger partial charge is 0.381 e. The first-order valence-corrected chi connectivity index (χ1v) is 5.03. The van der Waals surface area contributed by atoms with Crippen LogP contribution in [0.5, 0.6) is 0 Å². The summed E-state index contributed by atoms with van der Waals surface area (Å²) in [6.07, 6.45) is 4.65. The topological polar surface area (TPSA) is 113 Å². The van der Waals surface area contributed by atoms with Crippen molar-refractivity contribution in [2.75, 3.05) is 5.73 Å². The second-order valence-corrected chi connectivity index (χ2v) is 3.48. The summed E-state index contributed by atoms with van der Waals surface area (Å²) in [7, 11) is 0. The minimum atomic E-state index is -0.822. The molecule has 0 aliphatic rings. The lowest BCUT2D eigenvalue weighted by molar-refractivity contribution is 0.0387. The van der Waals surface area contributed by atoms with E-state index in [4.69, 9.17) is 10.6 Å². The number of fused-ring (bicyclic) bond motifs is 1. The number of nitrogen functional groups attached to an aromatic ring is 1. The predicted molar refractivity (Wildman–Crippen MR) is 58.3 cm³/mol. The molecule has 10 heteroatoms. The number of hydrogen-bond acceptors (Lipinski definition) is 7. The zero-order chi connectivity index (χ0) is 13.4. The molecule has 0 fully saturated rings. The molecule has 0 saturated heterocycles. The standard InChI is InChI=1S/C9H6FN7O2/c10-5-3-12-8-6(7(11)14-16(8)4-5)9(18)19-17-2-1-13-15-17/h1-4H,(H2,11,14). The van der Waals surface area contributed by atoms with Gasteiger partial charge in [0, 0.05) is 0 Å². The number of carbonyl (C=O) groups is 1. The summed E-state index contributed by atoms with van der Waals surface area (Å²) in [6, 6.07) is 0. The van der Waals surface area contributed by atoms with Gasteiger partial charge in [-0.2, -0.15) is 0 Å². The molecule has 0 aromatic carbocycles. The molecule has 2 N–H and O–H groups in total. The molecule has 0 saturated carbocycles. The Kier molecular flexibility index (Phi) is 2.34. The van der Waals surface area contributed by atoms with Gasteiger partial charge in [-0.05, 0) is 5.21 Å². The molecule has 0 bridgehead atoms. The van der Waals surface area contributed by atoms with Gasteiger partial charge in [0.05, 0.1) is 24.8 Å². The van der Waals surface area contributed by atoms with E-state index in [1.807, 2.05) is 0 Å². The van der Waals surface area contributed by atoms with E-state index < -0.39 is 11.8 Å². The molecule has 3 aromatic heterocycles. The van der Waals surface area contributed by atoms with Gasteiger partial charge in [0.15, 0.2) is 22.8 Å². The van der Waals surface area contributed by atoms with Crippen molar-refractivity contribution in [3.05, 3.63) is 36.2 Å². The predicted octanol–water partition coefficient (Wildman–Crippen LogP) is -0.689. The molecule has 0 amide bonds. The summed E-state index contributed by atoms with van der Waals surface area (Å²) in [5.74, 6) is -1.55. The highest BCUT2D eigenvalue weighted by atomic mass is 19.1. The molecule has 0 atom stereocenters. The highest BCUT2D eigenvalue weighted by molar-refractivity contribution is 6.00. The molecule has 0 unspecified atom stereocenters. The summed E-state index contributed by atoms with van der Waals surface area (Å²) in [6.45, 7) is 0. The molecule has 9 nitrogen and oxygen atoms in total. The Morgan fingerprint density at radius 3 is 3.05 bits per heavy atom. The number of anilines is 1. The first-order valence-electron chi connectivity index (χ1n) is 5.03. The number of rotatable bonds is 2. The van der Waals surface area contributed by atoms with Crippen LogP contribution in [0.25, 0.3) is 5.65 Å². The second kappa shape index (κ2) is 4.01. The summed E-state index contributed by atoms with van der Waals surface area (Å²) in [5, 5.41) is 10.7. The SMILES string of the molecule is Nc1nn2cc(F)cnc2c1C(=O)On1ccnn1. The first-order chi connectivity index (χ1) is 9.15. The molecule has 3 aromatic rings. The van der Waals surface area contributed by atoms with Gasteiger partial charge in [0.2, 0.25) is 0 Å². The third-order valence-corrected chi connectivity index (χ3v) is 2.25. The Balaban J connectivity index is 2.04. The van der Waals surface area contributed by atoms with Crippen molar-refractivity contribution in [1.82, 2.24) is 29.8 Å². The van der Waals surface area contributed by atoms with Crippen LogP contribution < -0.4 is 10.6 Å². The van der Waals surface area contributed by atoms with Crippen LogP contribution in [0.3, 0.4) is 0 Å². The van der Waals surface area contributed by atoms with Crippen molar-refractivity contribution in [3.63, 3.8) is 0 Å². The minimum Gasteiger partial charge on any atom is -0.381 e. The number of nitrogens with zero attached hydrogens (tertiary/aromatic N) is 6. The minimum absolute atomic E-state index is 0.0736. The van der Waals surface area contributed by atoms with E-state index in [9.17, 15) is 9.18 Å². The van der Waals surface area contributed by atoms with E-state index in [0.717, 1.165) is 21.8 Å². The lowest BCUT2D eigenvalue weighted by Gasteiger charge is -2.00. The fourth-order valence-corrected chi connectivity index (χ4v) is 1.50. The Bertz CT molecular complexity index is 751. The van der Waals surface area contributed by atoms with Crippen molar-refractivity contribution in [2.24, 2.45) is 0 Å². The van der Waals surface area contributed by atoms with Crippen molar-refractivity contribution >= 4 is 17.4 Å². The zero-order valence-corrected chi connectivity index (χ0v) is 9.26. The molecule has 3 rings (SSSR count). The summed E-state index contributed by atoms with van der Waals surface area (Å²) < 4.78 is 14.0. The van der Waals surface area contributed by atoms with Crippen LogP contribution in [0.2, 0.25) is 0 Å². The van der Waals surface area contributed by atoms with Gasteiger partial charge in [-0.25, -0.2) is 18.7 Å². The number of carbonyl (C=O) groups excluding carboxylic acids is 1. The molecule has 0 aliphatic carbocycles. The van der Waals surface area contributed by atoms with Gasteiger partial charge in [-0.1, -0.05) is 4.85 Å². The van der Waals surface area contributed by atoms with Crippen LogP contribution in [0.1, 0.15) is 10.4 Å². The molecule has 0 aliphatic heterocycles. The average Bonchev–Trinajstić information content (AvgIpc) is 2.95. The Hall–Kier alpha value is -3.04. The Labute approximate surface area is 104 Å². The van der Waals surface area contributed by atoms with E-state index in [1.54, 1.807) is 0 Å². The molecule has 3 heterocycles. The maximum absolute atomic E-state index is 13.0. The Morgan fingerprint density at radius 1 is 1.47 bits per heavy atom. The van der Waals surface area contributed by atoms with E-state index in [1.165, 1.54) is 12.4 Å². The van der Waals surface area contributed by atoms with E-state index in [2.05, 4.69) is 20.4 Å². The van der Waals surface area contributed by atoms with Crippen LogP contribution in [-0.2, 0) is 0 Å². The summed E-state index contributed by atoms with van der Waals surface area (Å²) >= 11 is 0.